The number of carbonyl (C=O) groups excluding carboxylic acids is 1. The van der Waals surface area contributed by atoms with Gasteiger partial charge < -0.3 is 30.2 Å². The lowest BCUT2D eigenvalue weighted by Gasteiger charge is -2.19. The number of hydrogen-bond donors (Lipinski definition) is 4. The molecule has 0 spiro atoms. The maximum atomic E-state index is 14.4. The van der Waals surface area contributed by atoms with Gasteiger partial charge in [0, 0.05) is 17.3 Å². The number of nitrogens with one attached hydrogen (secondary N) is 2. The van der Waals surface area contributed by atoms with Crippen molar-refractivity contribution >= 4 is 17.7 Å². The van der Waals surface area contributed by atoms with E-state index >= 15 is 0 Å². The molecule has 1 heterocycles. The number of aromatic nitrogens is 1. The average molecular weight is 483 g/mol. The van der Waals surface area contributed by atoms with Crippen molar-refractivity contribution in [2.24, 2.45) is 0 Å². The van der Waals surface area contributed by atoms with Gasteiger partial charge >= 0.3 is 12.0 Å². The van der Waals surface area contributed by atoms with Gasteiger partial charge in [-0.3, -0.25) is 9.59 Å². The molecule has 184 valence electrons. The Morgan fingerprint density at radius 2 is 1.83 bits per heavy atom. The summed E-state index contributed by atoms with van der Waals surface area (Å²) in [5.74, 6) is -1.92. The Hall–Kier alpha value is -4.34. The Kier molecular flexibility index (Phi) is 7.75. The number of carbonyl (C=O) groups is 2. The van der Waals surface area contributed by atoms with Crippen molar-refractivity contribution in [3.63, 3.8) is 0 Å². The van der Waals surface area contributed by atoms with Gasteiger partial charge in [-0.25, -0.2) is 9.18 Å². The number of ether oxygens (including phenoxy) is 1. The SMILES string of the molecule is COc1cccc(F)c1Cn1cc(C)c(O)c(NC(=O)N[C@@H](CC(=O)O)c2ccc(C)cc2)c1=O. The molecule has 1 atom stereocenters. The summed E-state index contributed by atoms with van der Waals surface area (Å²) >= 11 is 0. The number of rotatable bonds is 8. The highest BCUT2D eigenvalue weighted by Gasteiger charge is 2.22. The Bertz CT molecular complexity index is 1300. The van der Waals surface area contributed by atoms with Gasteiger partial charge in [-0.2, -0.15) is 0 Å². The number of anilines is 1. The van der Waals surface area contributed by atoms with E-state index in [-0.39, 0.29) is 23.4 Å². The van der Waals surface area contributed by atoms with Gasteiger partial charge in [0.15, 0.2) is 5.69 Å². The van der Waals surface area contributed by atoms with Crippen molar-refractivity contribution in [2.75, 3.05) is 12.4 Å². The summed E-state index contributed by atoms with van der Waals surface area (Å²) < 4.78 is 20.7. The van der Waals surface area contributed by atoms with E-state index in [1.807, 2.05) is 6.92 Å². The van der Waals surface area contributed by atoms with Crippen LogP contribution in [0.3, 0.4) is 0 Å². The molecule has 2 aromatic carbocycles. The molecule has 0 radical (unpaired) electrons. The number of amides is 2. The second-order valence-corrected chi connectivity index (χ2v) is 8.05. The molecule has 0 aliphatic carbocycles. The Balaban J connectivity index is 1.90. The third-order valence-electron chi connectivity index (χ3n) is 5.46. The molecule has 0 unspecified atom stereocenters. The van der Waals surface area contributed by atoms with E-state index in [0.717, 1.165) is 10.1 Å². The highest BCUT2D eigenvalue weighted by Crippen LogP contribution is 2.26. The van der Waals surface area contributed by atoms with Crippen LogP contribution in [0.25, 0.3) is 0 Å². The largest absolute Gasteiger partial charge is 0.505 e. The van der Waals surface area contributed by atoms with Crippen LogP contribution in [0, 0.1) is 19.7 Å². The molecule has 4 N–H and O–H groups in total. The van der Waals surface area contributed by atoms with Crippen LogP contribution in [-0.4, -0.2) is 33.9 Å². The van der Waals surface area contributed by atoms with E-state index in [2.05, 4.69) is 10.6 Å². The fourth-order valence-electron chi connectivity index (χ4n) is 3.61. The van der Waals surface area contributed by atoms with Gasteiger partial charge in [-0.05, 0) is 31.5 Å². The molecule has 9 nitrogen and oxygen atoms in total. The quantitative estimate of drug-likeness (QED) is 0.387. The van der Waals surface area contributed by atoms with Gasteiger partial charge in [-0.1, -0.05) is 35.9 Å². The summed E-state index contributed by atoms with van der Waals surface area (Å²) in [6.45, 7) is 3.18. The maximum absolute atomic E-state index is 14.4. The van der Waals surface area contributed by atoms with Gasteiger partial charge in [-0.15, -0.1) is 0 Å². The van der Waals surface area contributed by atoms with E-state index in [0.29, 0.717) is 5.56 Å². The number of aromatic hydroxyl groups is 1. The summed E-state index contributed by atoms with van der Waals surface area (Å²) in [6, 6.07) is 9.45. The molecule has 0 aliphatic rings. The topological polar surface area (TPSA) is 130 Å². The first-order valence-corrected chi connectivity index (χ1v) is 10.7. The van der Waals surface area contributed by atoms with Gasteiger partial charge in [0.25, 0.3) is 5.56 Å². The lowest BCUT2D eigenvalue weighted by molar-refractivity contribution is -0.137. The molecule has 0 fully saturated rings. The van der Waals surface area contributed by atoms with Crippen LogP contribution < -0.4 is 20.9 Å². The summed E-state index contributed by atoms with van der Waals surface area (Å²) in [6.07, 6.45) is 0.944. The highest BCUT2D eigenvalue weighted by atomic mass is 19.1. The number of carboxylic acids is 1. The number of carboxylic acid groups (broad SMARTS) is 1. The van der Waals surface area contributed by atoms with Crippen molar-refractivity contribution in [1.82, 2.24) is 9.88 Å². The Labute approximate surface area is 200 Å². The van der Waals surface area contributed by atoms with Crippen LogP contribution in [0.5, 0.6) is 11.5 Å². The fourth-order valence-corrected chi connectivity index (χ4v) is 3.61. The van der Waals surface area contributed by atoms with E-state index in [9.17, 15) is 29.0 Å². The molecule has 1 aromatic heterocycles. The van der Waals surface area contributed by atoms with Crippen LogP contribution in [0.2, 0.25) is 0 Å². The number of benzene rings is 2. The molecule has 0 saturated heterocycles. The minimum Gasteiger partial charge on any atom is -0.505 e. The van der Waals surface area contributed by atoms with Crippen LogP contribution in [0.15, 0.2) is 53.5 Å². The molecule has 0 bridgehead atoms. The number of methoxy groups -OCH3 is 1. The molecule has 35 heavy (non-hydrogen) atoms. The summed E-state index contributed by atoms with van der Waals surface area (Å²) in [5, 5.41) is 24.6. The van der Waals surface area contributed by atoms with Crippen molar-refractivity contribution in [1.29, 1.82) is 0 Å². The molecule has 2 amide bonds. The van der Waals surface area contributed by atoms with Crippen molar-refractivity contribution in [3.05, 3.63) is 87.1 Å². The van der Waals surface area contributed by atoms with Crippen LogP contribution in [0.1, 0.15) is 34.7 Å². The van der Waals surface area contributed by atoms with Crippen molar-refractivity contribution in [2.45, 2.75) is 32.9 Å². The minimum atomic E-state index is -1.13. The average Bonchev–Trinajstić information content (AvgIpc) is 2.81. The molecule has 0 saturated carbocycles. The van der Waals surface area contributed by atoms with E-state index < -0.39 is 47.3 Å². The zero-order chi connectivity index (χ0) is 25.7. The first kappa shape index (κ1) is 25.3. The number of hydrogen-bond acceptors (Lipinski definition) is 5. The van der Waals surface area contributed by atoms with Gasteiger partial charge in [0.1, 0.15) is 17.3 Å². The molecule has 3 aromatic rings. The Morgan fingerprint density at radius 1 is 1.14 bits per heavy atom. The minimum absolute atomic E-state index is 0.124. The second kappa shape index (κ2) is 10.7. The predicted molar refractivity (Wildman–Crippen MR) is 127 cm³/mol. The van der Waals surface area contributed by atoms with Crippen molar-refractivity contribution in [3.8, 4) is 11.5 Å². The van der Waals surface area contributed by atoms with Crippen LogP contribution >= 0.6 is 0 Å². The highest BCUT2D eigenvalue weighted by molar-refractivity contribution is 5.91. The monoisotopic (exact) mass is 483 g/mol. The third-order valence-corrected chi connectivity index (χ3v) is 5.46. The maximum Gasteiger partial charge on any atom is 0.319 e. The van der Waals surface area contributed by atoms with E-state index in [1.165, 1.54) is 32.4 Å². The molecule has 0 aliphatic heterocycles. The zero-order valence-electron chi connectivity index (χ0n) is 19.5. The van der Waals surface area contributed by atoms with E-state index in [4.69, 9.17) is 4.74 Å². The summed E-state index contributed by atoms with van der Waals surface area (Å²) in [5.41, 5.74) is 0.707. The normalized spacial score (nSPS) is 11.5. The van der Waals surface area contributed by atoms with Crippen LogP contribution in [0.4, 0.5) is 14.9 Å². The molecule has 3 rings (SSSR count). The number of nitrogens with zero attached hydrogens (tertiary/aromatic N) is 1. The smallest absolute Gasteiger partial charge is 0.319 e. The number of aliphatic carboxylic acids is 1. The molecular formula is C25H26FN3O6. The third kappa shape index (κ3) is 5.97. The number of urea groups is 1. The first-order chi connectivity index (χ1) is 16.6. The fraction of sp³-hybridized carbons (Fsp3) is 0.240. The standard InChI is InChI=1S/C25H26FN3O6/c1-14-7-9-16(10-8-14)19(11-21(30)31)27-25(34)28-22-23(32)15(2)12-29(24(22)33)13-17-18(26)5-4-6-20(17)35-3/h4-10,12,19,32H,11,13H2,1-3H3,(H,30,31)(H2,27,28,34)/t19-/m0/s1. The molecule has 10 heteroatoms. The second-order valence-electron chi connectivity index (χ2n) is 8.05. The number of pyridine rings is 1. The van der Waals surface area contributed by atoms with Gasteiger partial charge in [0.05, 0.1) is 26.1 Å². The predicted octanol–water partition coefficient (Wildman–Crippen LogP) is 3.70. The van der Waals surface area contributed by atoms with E-state index in [1.54, 1.807) is 30.3 Å². The molecular weight excluding hydrogens is 457 g/mol. The summed E-state index contributed by atoms with van der Waals surface area (Å²) in [4.78, 5) is 37.1. The number of halogens is 1. The summed E-state index contributed by atoms with van der Waals surface area (Å²) in [7, 11) is 1.38. The lowest BCUT2D eigenvalue weighted by Crippen LogP contribution is -2.36. The zero-order valence-corrected chi connectivity index (χ0v) is 19.5. The lowest BCUT2D eigenvalue weighted by atomic mass is 10.0. The van der Waals surface area contributed by atoms with Crippen LogP contribution in [-0.2, 0) is 11.3 Å². The first-order valence-electron chi connectivity index (χ1n) is 10.7. The number of aryl methyl sites for hydroxylation is 2. The van der Waals surface area contributed by atoms with Gasteiger partial charge in [0.2, 0.25) is 0 Å². The Morgan fingerprint density at radius 3 is 2.46 bits per heavy atom. The van der Waals surface area contributed by atoms with Crippen molar-refractivity contribution < 1.29 is 28.9 Å².